The van der Waals surface area contributed by atoms with Crippen molar-refractivity contribution in [3.63, 3.8) is 0 Å². The van der Waals surface area contributed by atoms with Crippen molar-refractivity contribution in [1.82, 2.24) is 14.9 Å². The van der Waals surface area contributed by atoms with Crippen LogP contribution < -0.4 is 5.32 Å². The second-order valence-corrected chi connectivity index (χ2v) is 5.94. The molecule has 0 atom stereocenters. The minimum absolute atomic E-state index is 0.216. The van der Waals surface area contributed by atoms with E-state index in [1.807, 2.05) is 13.0 Å². The summed E-state index contributed by atoms with van der Waals surface area (Å²) in [5, 5.41) is 3.39. The van der Waals surface area contributed by atoms with Crippen LogP contribution in [0.4, 0.5) is 5.82 Å². The number of aryl methyl sites for hydroxylation is 1. The van der Waals surface area contributed by atoms with Crippen molar-refractivity contribution in [2.75, 3.05) is 18.4 Å². The van der Waals surface area contributed by atoms with Crippen molar-refractivity contribution in [1.29, 1.82) is 0 Å². The Labute approximate surface area is 119 Å². The third kappa shape index (κ3) is 2.92. The number of hydrogen-bond acceptors (Lipinski definition) is 4. The predicted molar refractivity (Wildman–Crippen MR) is 77.3 cm³/mol. The molecule has 1 aliphatic carbocycles. The highest BCUT2D eigenvalue weighted by molar-refractivity contribution is 5.80. The molecule has 108 valence electrons. The molecule has 0 radical (unpaired) electrons. The molecule has 5 heteroatoms. The van der Waals surface area contributed by atoms with Gasteiger partial charge >= 0.3 is 0 Å². The van der Waals surface area contributed by atoms with Gasteiger partial charge in [-0.2, -0.15) is 0 Å². The van der Waals surface area contributed by atoms with Crippen LogP contribution in [0.1, 0.15) is 37.8 Å². The Morgan fingerprint density at radius 3 is 2.70 bits per heavy atom. The van der Waals surface area contributed by atoms with E-state index in [-0.39, 0.29) is 5.92 Å². The van der Waals surface area contributed by atoms with Crippen LogP contribution >= 0.6 is 0 Å². The average molecular weight is 274 g/mol. The van der Waals surface area contributed by atoms with Crippen molar-refractivity contribution >= 4 is 11.7 Å². The summed E-state index contributed by atoms with van der Waals surface area (Å²) in [5.41, 5.74) is 0.961. The Balaban J connectivity index is 1.47. The van der Waals surface area contributed by atoms with E-state index in [4.69, 9.17) is 0 Å². The van der Waals surface area contributed by atoms with Crippen LogP contribution in [0, 0.1) is 12.8 Å². The van der Waals surface area contributed by atoms with Gasteiger partial charge in [-0.25, -0.2) is 9.97 Å². The maximum atomic E-state index is 12.3. The fourth-order valence-corrected chi connectivity index (χ4v) is 3.05. The first-order valence-electron chi connectivity index (χ1n) is 7.56. The average Bonchev–Trinajstić information content (AvgIpc) is 2.43. The van der Waals surface area contributed by atoms with E-state index in [0.29, 0.717) is 11.9 Å². The smallest absolute Gasteiger partial charge is 0.225 e. The molecule has 1 N–H and O–H groups in total. The van der Waals surface area contributed by atoms with Gasteiger partial charge in [0.25, 0.3) is 0 Å². The molecule has 1 aliphatic heterocycles. The zero-order valence-electron chi connectivity index (χ0n) is 12.0. The van der Waals surface area contributed by atoms with Gasteiger partial charge in [0.2, 0.25) is 5.91 Å². The predicted octanol–water partition coefficient (Wildman–Crippen LogP) is 1.99. The number of carbonyl (C=O) groups is 1. The van der Waals surface area contributed by atoms with E-state index in [0.717, 1.165) is 37.4 Å². The van der Waals surface area contributed by atoms with Crippen LogP contribution in [0.2, 0.25) is 0 Å². The number of anilines is 1. The van der Waals surface area contributed by atoms with Gasteiger partial charge in [0, 0.05) is 36.8 Å². The summed E-state index contributed by atoms with van der Waals surface area (Å²) in [4.78, 5) is 22.6. The number of carbonyl (C=O) groups excluding carboxylic acids is 1. The van der Waals surface area contributed by atoms with Gasteiger partial charge < -0.3 is 10.2 Å². The normalized spacial score (nSPS) is 25.9. The highest BCUT2D eigenvalue weighted by Gasteiger charge is 2.37. The largest absolute Gasteiger partial charge is 0.367 e. The lowest BCUT2D eigenvalue weighted by Gasteiger charge is -2.39. The Morgan fingerprint density at radius 1 is 1.25 bits per heavy atom. The molecular weight excluding hydrogens is 252 g/mol. The van der Waals surface area contributed by atoms with E-state index < -0.39 is 0 Å². The maximum Gasteiger partial charge on any atom is 0.225 e. The lowest BCUT2D eigenvalue weighted by Crippen LogP contribution is -2.47. The Morgan fingerprint density at radius 2 is 2.00 bits per heavy atom. The Hall–Kier alpha value is -1.65. The van der Waals surface area contributed by atoms with Crippen LogP contribution in [-0.4, -0.2) is 39.9 Å². The molecule has 0 aromatic carbocycles. The lowest BCUT2D eigenvalue weighted by atomic mass is 9.79. The molecule has 2 fully saturated rings. The monoisotopic (exact) mass is 274 g/mol. The fourth-order valence-electron chi connectivity index (χ4n) is 3.05. The molecule has 1 saturated carbocycles. The summed E-state index contributed by atoms with van der Waals surface area (Å²) in [6.07, 6.45) is 7.04. The first kappa shape index (κ1) is 13.3. The molecule has 0 unspecified atom stereocenters. The van der Waals surface area contributed by atoms with E-state index in [1.165, 1.54) is 19.3 Å². The number of aromatic nitrogens is 2. The summed E-state index contributed by atoms with van der Waals surface area (Å²) in [7, 11) is 0. The number of rotatable bonds is 3. The second-order valence-electron chi connectivity index (χ2n) is 5.94. The molecule has 2 aliphatic rings. The zero-order chi connectivity index (χ0) is 13.9. The number of hydrogen-bond donors (Lipinski definition) is 1. The first-order chi connectivity index (χ1) is 9.72. The highest BCUT2D eigenvalue weighted by Crippen LogP contribution is 2.32. The first-order valence-corrected chi connectivity index (χ1v) is 7.56. The Bertz CT molecular complexity index is 479. The minimum atomic E-state index is 0.216. The van der Waals surface area contributed by atoms with Crippen LogP contribution in [0.3, 0.4) is 0 Å². The highest BCUT2D eigenvalue weighted by atomic mass is 16.2. The number of amides is 1. The molecule has 0 bridgehead atoms. The van der Waals surface area contributed by atoms with Crippen LogP contribution in [0.5, 0.6) is 0 Å². The van der Waals surface area contributed by atoms with Crippen LogP contribution in [0.25, 0.3) is 0 Å². The van der Waals surface area contributed by atoms with Gasteiger partial charge in [-0.3, -0.25) is 4.79 Å². The molecule has 3 rings (SSSR count). The standard InChI is InChI=1S/C15H22N4O/c1-11-7-14(17-10-16-11)18-13-8-12(9-13)15(20)19-5-3-2-4-6-19/h7,10,12-13H,2-6,8-9H2,1H3,(H,16,17,18). The van der Waals surface area contributed by atoms with E-state index in [2.05, 4.69) is 20.2 Å². The van der Waals surface area contributed by atoms with E-state index >= 15 is 0 Å². The van der Waals surface area contributed by atoms with Gasteiger partial charge in [-0.15, -0.1) is 0 Å². The zero-order valence-corrected chi connectivity index (χ0v) is 12.0. The molecule has 1 amide bonds. The summed E-state index contributed by atoms with van der Waals surface area (Å²) < 4.78 is 0. The fraction of sp³-hybridized carbons (Fsp3) is 0.667. The Kier molecular flexibility index (Phi) is 3.85. The van der Waals surface area contributed by atoms with Gasteiger partial charge in [0.05, 0.1) is 0 Å². The van der Waals surface area contributed by atoms with Crippen molar-refractivity contribution in [2.24, 2.45) is 5.92 Å². The van der Waals surface area contributed by atoms with Crippen LogP contribution in [0.15, 0.2) is 12.4 Å². The van der Waals surface area contributed by atoms with E-state index in [1.54, 1.807) is 6.33 Å². The van der Waals surface area contributed by atoms with Crippen LogP contribution in [-0.2, 0) is 4.79 Å². The number of likely N-dealkylation sites (tertiary alicyclic amines) is 1. The molecule has 5 nitrogen and oxygen atoms in total. The molecule has 2 heterocycles. The quantitative estimate of drug-likeness (QED) is 0.915. The molecule has 1 aromatic rings. The third-order valence-electron chi connectivity index (χ3n) is 4.31. The number of piperidine rings is 1. The van der Waals surface area contributed by atoms with Gasteiger partial charge in [-0.05, 0) is 39.0 Å². The maximum absolute atomic E-state index is 12.3. The summed E-state index contributed by atoms with van der Waals surface area (Å²) in [6, 6.07) is 2.32. The second kappa shape index (κ2) is 5.77. The number of nitrogens with one attached hydrogen (secondary N) is 1. The molecule has 1 saturated heterocycles. The molecular formula is C15H22N4O. The third-order valence-corrected chi connectivity index (χ3v) is 4.31. The van der Waals surface area contributed by atoms with Crippen molar-refractivity contribution in [3.05, 3.63) is 18.1 Å². The SMILES string of the molecule is Cc1cc(NC2CC(C(=O)N3CCCCC3)C2)ncn1. The summed E-state index contributed by atoms with van der Waals surface area (Å²) in [6.45, 7) is 3.87. The van der Waals surface area contributed by atoms with Crippen molar-refractivity contribution in [3.8, 4) is 0 Å². The van der Waals surface area contributed by atoms with Gasteiger partial charge in [0.1, 0.15) is 12.1 Å². The summed E-state index contributed by atoms with van der Waals surface area (Å²) in [5.74, 6) is 1.45. The molecule has 0 spiro atoms. The molecule has 20 heavy (non-hydrogen) atoms. The van der Waals surface area contributed by atoms with E-state index in [9.17, 15) is 4.79 Å². The van der Waals surface area contributed by atoms with Gasteiger partial charge in [0.15, 0.2) is 0 Å². The van der Waals surface area contributed by atoms with Gasteiger partial charge in [-0.1, -0.05) is 0 Å². The molecule has 1 aromatic heterocycles. The topological polar surface area (TPSA) is 58.1 Å². The lowest BCUT2D eigenvalue weighted by molar-refractivity contribution is -0.139. The van der Waals surface area contributed by atoms with Crippen molar-refractivity contribution in [2.45, 2.75) is 45.1 Å². The van der Waals surface area contributed by atoms with Crippen molar-refractivity contribution < 1.29 is 4.79 Å². The summed E-state index contributed by atoms with van der Waals surface area (Å²) >= 11 is 0. The minimum Gasteiger partial charge on any atom is -0.367 e. The number of nitrogens with zero attached hydrogens (tertiary/aromatic N) is 3.